The molecule has 1 atom stereocenters. The molecule has 1 aliphatic heterocycles. The minimum atomic E-state index is -0.461. The van der Waals surface area contributed by atoms with E-state index in [1.807, 2.05) is 11.0 Å². The number of rotatable bonds is 4. The Kier molecular flexibility index (Phi) is 5.11. The third kappa shape index (κ3) is 3.76. The minimum Gasteiger partial charge on any atom is -0.341 e. The van der Waals surface area contributed by atoms with E-state index in [4.69, 9.17) is 5.73 Å². The van der Waals surface area contributed by atoms with Gasteiger partial charge in [0.05, 0.1) is 6.04 Å². The highest BCUT2D eigenvalue weighted by atomic mass is 32.1. The summed E-state index contributed by atoms with van der Waals surface area (Å²) in [6, 6.07) is 10.1. The average Bonchev–Trinajstić information content (AvgIpc) is 2.47. The van der Waals surface area contributed by atoms with Crippen LogP contribution in [0.3, 0.4) is 0 Å². The summed E-state index contributed by atoms with van der Waals surface area (Å²) in [5.41, 5.74) is 7.43. The Morgan fingerprint density at radius 1 is 1.35 bits per heavy atom. The second-order valence-electron chi connectivity index (χ2n) is 6.09. The molecule has 0 saturated carbocycles. The summed E-state index contributed by atoms with van der Waals surface area (Å²) in [4.78, 5) is 13.9. The van der Waals surface area contributed by atoms with Gasteiger partial charge in [-0.3, -0.25) is 4.79 Å². The second kappa shape index (κ2) is 6.64. The van der Waals surface area contributed by atoms with Crippen molar-refractivity contribution in [3.63, 3.8) is 0 Å². The van der Waals surface area contributed by atoms with Crippen molar-refractivity contribution in [1.29, 1.82) is 0 Å². The summed E-state index contributed by atoms with van der Waals surface area (Å²) in [6.45, 7) is 3.94. The topological polar surface area (TPSA) is 46.3 Å². The van der Waals surface area contributed by atoms with Crippen molar-refractivity contribution in [3.8, 4) is 0 Å². The molecule has 4 heteroatoms. The fourth-order valence-electron chi connectivity index (χ4n) is 2.84. The van der Waals surface area contributed by atoms with Crippen LogP contribution in [-0.2, 0) is 11.2 Å². The molecular weight excluding hydrogens is 268 g/mol. The van der Waals surface area contributed by atoms with Crippen LogP contribution >= 0.6 is 12.6 Å². The van der Waals surface area contributed by atoms with Crippen LogP contribution in [0.5, 0.6) is 0 Å². The maximum atomic E-state index is 12.1. The van der Waals surface area contributed by atoms with Crippen molar-refractivity contribution in [2.75, 3.05) is 18.8 Å². The number of hydrogen-bond donors (Lipinski definition) is 2. The Bertz CT molecular complexity index is 441. The molecule has 0 bridgehead atoms. The third-order valence-corrected chi connectivity index (χ3v) is 4.66. The molecule has 0 radical (unpaired) electrons. The van der Waals surface area contributed by atoms with Crippen LogP contribution in [0.15, 0.2) is 30.3 Å². The molecule has 20 heavy (non-hydrogen) atoms. The first-order chi connectivity index (χ1) is 9.54. The zero-order valence-electron chi connectivity index (χ0n) is 12.1. The Morgan fingerprint density at radius 2 is 1.95 bits per heavy atom. The van der Waals surface area contributed by atoms with E-state index in [1.54, 1.807) is 0 Å². The fraction of sp³-hybridized carbons (Fsp3) is 0.562. The Hall–Kier alpha value is -1.000. The van der Waals surface area contributed by atoms with E-state index < -0.39 is 6.04 Å². The number of amides is 1. The molecule has 110 valence electrons. The number of nitrogens with zero attached hydrogens (tertiary/aromatic N) is 1. The number of hydrogen-bond acceptors (Lipinski definition) is 3. The van der Waals surface area contributed by atoms with Crippen molar-refractivity contribution in [2.24, 2.45) is 11.1 Å². The summed E-state index contributed by atoms with van der Waals surface area (Å²) in [5, 5.41) is 0. The smallest absolute Gasteiger partial charge is 0.240 e. The van der Waals surface area contributed by atoms with E-state index in [2.05, 4.69) is 43.8 Å². The van der Waals surface area contributed by atoms with Crippen LogP contribution in [0, 0.1) is 5.41 Å². The van der Waals surface area contributed by atoms with E-state index in [9.17, 15) is 4.79 Å². The van der Waals surface area contributed by atoms with Crippen LogP contribution < -0.4 is 5.73 Å². The van der Waals surface area contributed by atoms with Crippen molar-refractivity contribution < 1.29 is 4.79 Å². The molecule has 1 aliphatic rings. The lowest BCUT2D eigenvalue weighted by Gasteiger charge is -2.40. The minimum absolute atomic E-state index is 0.0433. The molecule has 1 saturated heterocycles. The number of thiol groups is 1. The zero-order valence-corrected chi connectivity index (χ0v) is 13.0. The maximum absolute atomic E-state index is 12.1. The number of likely N-dealkylation sites (tertiary alicyclic amines) is 1. The van der Waals surface area contributed by atoms with Gasteiger partial charge in [0, 0.05) is 18.8 Å². The van der Waals surface area contributed by atoms with Gasteiger partial charge in [-0.05, 0) is 30.2 Å². The van der Waals surface area contributed by atoms with Crippen molar-refractivity contribution >= 4 is 18.5 Å². The van der Waals surface area contributed by atoms with Crippen LogP contribution in [0.4, 0.5) is 0 Å². The number of benzene rings is 1. The number of carbonyl (C=O) groups is 1. The predicted octanol–water partition coefficient (Wildman–Crippen LogP) is 2.11. The van der Waals surface area contributed by atoms with E-state index in [0.29, 0.717) is 5.75 Å². The van der Waals surface area contributed by atoms with Gasteiger partial charge in [-0.1, -0.05) is 37.3 Å². The van der Waals surface area contributed by atoms with Gasteiger partial charge in [0.1, 0.15) is 0 Å². The van der Waals surface area contributed by atoms with E-state index in [0.717, 1.165) is 32.4 Å². The monoisotopic (exact) mass is 292 g/mol. The van der Waals surface area contributed by atoms with Crippen LogP contribution in [-0.4, -0.2) is 35.7 Å². The summed E-state index contributed by atoms with van der Waals surface area (Å²) in [7, 11) is 0. The Balaban J connectivity index is 1.91. The average molecular weight is 292 g/mol. The SMILES string of the molecule is CC1(Cc2ccccc2)CCN(C(=O)C(N)CS)CC1. The van der Waals surface area contributed by atoms with Gasteiger partial charge < -0.3 is 10.6 Å². The lowest BCUT2D eigenvalue weighted by Crippen LogP contribution is -2.49. The quantitative estimate of drug-likeness (QED) is 0.835. The number of nitrogens with two attached hydrogens (primary N) is 1. The highest BCUT2D eigenvalue weighted by Crippen LogP contribution is 2.34. The molecule has 1 amide bonds. The fourth-order valence-corrected chi connectivity index (χ4v) is 3.00. The van der Waals surface area contributed by atoms with E-state index in [-0.39, 0.29) is 11.3 Å². The molecule has 2 N–H and O–H groups in total. The number of carbonyl (C=O) groups excluding carboxylic acids is 1. The Morgan fingerprint density at radius 3 is 2.50 bits per heavy atom. The first-order valence-electron chi connectivity index (χ1n) is 7.23. The molecule has 1 fully saturated rings. The van der Waals surface area contributed by atoms with E-state index in [1.165, 1.54) is 5.56 Å². The molecule has 3 nitrogen and oxygen atoms in total. The van der Waals surface area contributed by atoms with Gasteiger partial charge in [-0.15, -0.1) is 0 Å². The summed E-state index contributed by atoms with van der Waals surface area (Å²) in [5.74, 6) is 0.457. The van der Waals surface area contributed by atoms with Gasteiger partial charge >= 0.3 is 0 Å². The van der Waals surface area contributed by atoms with Crippen LogP contribution in [0.25, 0.3) is 0 Å². The zero-order chi connectivity index (χ0) is 14.6. The molecular formula is C16H24N2OS. The molecule has 1 unspecified atom stereocenters. The van der Waals surface area contributed by atoms with E-state index >= 15 is 0 Å². The van der Waals surface area contributed by atoms with Crippen molar-refractivity contribution in [3.05, 3.63) is 35.9 Å². The highest BCUT2D eigenvalue weighted by molar-refractivity contribution is 7.80. The summed E-state index contributed by atoms with van der Waals surface area (Å²) < 4.78 is 0. The predicted molar refractivity (Wildman–Crippen MR) is 85.9 cm³/mol. The third-order valence-electron chi connectivity index (χ3n) is 4.27. The van der Waals surface area contributed by atoms with Gasteiger partial charge in [0.25, 0.3) is 0 Å². The summed E-state index contributed by atoms with van der Waals surface area (Å²) in [6.07, 6.45) is 3.15. The lowest BCUT2D eigenvalue weighted by molar-refractivity contribution is -0.134. The molecule has 1 heterocycles. The molecule has 1 aromatic rings. The molecule has 0 spiro atoms. The maximum Gasteiger partial charge on any atom is 0.240 e. The lowest BCUT2D eigenvalue weighted by atomic mass is 9.75. The second-order valence-corrected chi connectivity index (χ2v) is 6.45. The van der Waals surface area contributed by atoms with Gasteiger partial charge in [0.15, 0.2) is 0 Å². The van der Waals surface area contributed by atoms with Gasteiger partial charge in [-0.2, -0.15) is 12.6 Å². The first kappa shape index (κ1) is 15.4. The van der Waals surface area contributed by atoms with Crippen LogP contribution in [0.1, 0.15) is 25.3 Å². The van der Waals surface area contributed by atoms with Gasteiger partial charge in [0.2, 0.25) is 5.91 Å². The highest BCUT2D eigenvalue weighted by Gasteiger charge is 2.33. The number of piperidine rings is 1. The van der Waals surface area contributed by atoms with Crippen LogP contribution in [0.2, 0.25) is 0 Å². The first-order valence-corrected chi connectivity index (χ1v) is 7.86. The van der Waals surface area contributed by atoms with Crippen molar-refractivity contribution in [1.82, 2.24) is 4.90 Å². The summed E-state index contributed by atoms with van der Waals surface area (Å²) >= 11 is 4.10. The molecule has 1 aromatic carbocycles. The Labute approximate surface area is 126 Å². The molecule has 0 aromatic heterocycles. The molecule has 2 rings (SSSR count). The standard InChI is InChI=1S/C16H24N2OS/c1-16(11-13-5-3-2-4-6-13)7-9-18(10-8-16)15(19)14(17)12-20/h2-6,14,20H,7-12,17H2,1H3. The van der Waals surface area contributed by atoms with Crippen molar-refractivity contribution in [2.45, 2.75) is 32.2 Å². The van der Waals surface area contributed by atoms with Gasteiger partial charge in [-0.25, -0.2) is 0 Å². The normalized spacial score (nSPS) is 19.6. The molecule has 0 aliphatic carbocycles. The largest absolute Gasteiger partial charge is 0.341 e.